The highest BCUT2D eigenvalue weighted by Crippen LogP contribution is 2.31. The average Bonchev–Trinajstić information content (AvgIpc) is 2.26. The number of ketones is 1. The first-order chi connectivity index (χ1) is 7.54. The lowest BCUT2D eigenvalue weighted by atomic mass is 9.78. The van der Waals surface area contributed by atoms with Crippen LogP contribution in [0.5, 0.6) is 0 Å². The second-order valence-corrected chi connectivity index (χ2v) is 4.22. The van der Waals surface area contributed by atoms with Crippen molar-refractivity contribution in [1.82, 2.24) is 0 Å². The van der Waals surface area contributed by atoms with Crippen molar-refractivity contribution in [3.63, 3.8) is 0 Å². The van der Waals surface area contributed by atoms with E-state index >= 15 is 0 Å². The van der Waals surface area contributed by atoms with Crippen LogP contribution in [0.25, 0.3) is 0 Å². The van der Waals surface area contributed by atoms with Crippen LogP contribution in [0.2, 0.25) is 0 Å². The molecule has 0 heterocycles. The van der Waals surface area contributed by atoms with Gasteiger partial charge in [0.25, 0.3) is 0 Å². The van der Waals surface area contributed by atoms with Crippen LogP contribution in [0.3, 0.4) is 0 Å². The predicted octanol–water partition coefficient (Wildman–Crippen LogP) is 2.28. The van der Waals surface area contributed by atoms with Crippen LogP contribution < -0.4 is 0 Å². The van der Waals surface area contributed by atoms with Crippen molar-refractivity contribution >= 4 is 11.8 Å². The fraction of sp³-hybridized carbons (Fsp3) is 0.538. The summed E-state index contributed by atoms with van der Waals surface area (Å²) in [5, 5.41) is 0. The number of rotatable bonds is 4. The van der Waals surface area contributed by atoms with Gasteiger partial charge in [-0.1, -0.05) is 24.3 Å². The molecule has 3 heteroatoms. The first-order valence-electron chi connectivity index (χ1n) is 5.48. The molecule has 16 heavy (non-hydrogen) atoms. The topological polar surface area (TPSA) is 43.4 Å². The molecule has 0 radical (unpaired) electrons. The molecule has 0 aromatic rings. The van der Waals surface area contributed by atoms with Gasteiger partial charge in [0.15, 0.2) is 0 Å². The maximum Gasteiger partial charge on any atom is 0.305 e. The lowest BCUT2D eigenvalue weighted by Crippen LogP contribution is -2.24. The van der Waals surface area contributed by atoms with Crippen molar-refractivity contribution in [2.45, 2.75) is 26.2 Å². The van der Waals surface area contributed by atoms with Gasteiger partial charge < -0.3 is 4.74 Å². The van der Waals surface area contributed by atoms with Gasteiger partial charge in [-0.15, -0.1) is 0 Å². The Morgan fingerprint density at radius 3 is 2.81 bits per heavy atom. The van der Waals surface area contributed by atoms with Gasteiger partial charge in [0, 0.05) is 12.3 Å². The van der Waals surface area contributed by atoms with Crippen LogP contribution in [-0.2, 0) is 14.3 Å². The average molecular weight is 222 g/mol. The quantitative estimate of drug-likeness (QED) is 0.685. The third-order valence-electron chi connectivity index (χ3n) is 3.01. The normalized spacial score (nSPS) is 24.2. The SMILES string of the molecule is C=C1C=C[C@H](CCC(=O)OC)[C@@H](C(C)=O)C1. The number of hydrogen-bond acceptors (Lipinski definition) is 3. The maximum atomic E-state index is 11.5. The van der Waals surface area contributed by atoms with Gasteiger partial charge in [0.1, 0.15) is 5.78 Å². The molecule has 2 atom stereocenters. The predicted molar refractivity (Wildman–Crippen MR) is 61.8 cm³/mol. The van der Waals surface area contributed by atoms with Crippen molar-refractivity contribution in [2.75, 3.05) is 7.11 Å². The van der Waals surface area contributed by atoms with Gasteiger partial charge in [-0.05, 0) is 25.7 Å². The molecule has 0 spiro atoms. The molecule has 88 valence electrons. The number of methoxy groups -OCH3 is 1. The third kappa shape index (κ3) is 3.33. The molecule has 1 rings (SSSR count). The van der Waals surface area contributed by atoms with E-state index in [-0.39, 0.29) is 23.6 Å². The summed E-state index contributed by atoms with van der Waals surface area (Å²) in [4.78, 5) is 22.5. The van der Waals surface area contributed by atoms with Gasteiger partial charge in [0.05, 0.1) is 7.11 Å². The van der Waals surface area contributed by atoms with Gasteiger partial charge in [-0.2, -0.15) is 0 Å². The molecule has 0 aliphatic heterocycles. The Labute approximate surface area is 96.2 Å². The number of esters is 1. The monoisotopic (exact) mass is 222 g/mol. The van der Waals surface area contributed by atoms with Crippen LogP contribution >= 0.6 is 0 Å². The second kappa shape index (κ2) is 5.64. The Hall–Kier alpha value is -1.38. The summed E-state index contributed by atoms with van der Waals surface area (Å²) in [5.41, 5.74) is 0.981. The fourth-order valence-corrected chi connectivity index (χ4v) is 2.02. The molecular weight excluding hydrogens is 204 g/mol. The van der Waals surface area contributed by atoms with Crippen molar-refractivity contribution in [3.05, 3.63) is 24.3 Å². The minimum atomic E-state index is -0.222. The number of allylic oxidation sites excluding steroid dienone is 3. The van der Waals surface area contributed by atoms with Crippen LogP contribution in [-0.4, -0.2) is 18.9 Å². The molecule has 0 amide bonds. The van der Waals surface area contributed by atoms with Crippen molar-refractivity contribution in [2.24, 2.45) is 11.8 Å². The first-order valence-corrected chi connectivity index (χ1v) is 5.48. The van der Waals surface area contributed by atoms with Crippen LogP contribution in [0.1, 0.15) is 26.2 Å². The zero-order valence-corrected chi connectivity index (χ0v) is 9.86. The molecule has 0 fully saturated rings. The highest BCUT2D eigenvalue weighted by molar-refractivity contribution is 5.79. The van der Waals surface area contributed by atoms with E-state index in [0.29, 0.717) is 19.3 Å². The second-order valence-electron chi connectivity index (χ2n) is 4.22. The van der Waals surface area contributed by atoms with E-state index in [4.69, 9.17) is 0 Å². The molecule has 0 aromatic carbocycles. The number of hydrogen-bond donors (Lipinski definition) is 0. The van der Waals surface area contributed by atoms with Crippen molar-refractivity contribution in [1.29, 1.82) is 0 Å². The summed E-state index contributed by atoms with van der Waals surface area (Å²) in [6, 6.07) is 0. The number of ether oxygens (including phenoxy) is 1. The van der Waals surface area contributed by atoms with Crippen LogP contribution in [0.4, 0.5) is 0 Å². The van der Waals surface area contributed by atoms with Crippen LogP contribution in [0.15, 0.2) is 24.3 Å². The molecule has 1 aliphatic carbocycles. The smallest absolute Gasteiger partial charge is 0.305 e. The lowest BCUT2D eigenvalue weighted by molar-refractivity contribution is -0.141. The van der Waals surface area contributed by atoms with Gasteiger partial charge in [-0.3, -0.25) is 9.59 Å². The highest BCUT2D eigenvalue weighted by Gasteiger charge is 2.27. The molecular formula is C13H18O3. The van der Waals surface area contributed by atoms with E-state index in [9.17, 15) is 9.59 Å². The van der Waals surface area contributed by atoms with E-state index in [0.717, 1.165) is 5.57 Å². The molecule has 0 saturated carbocycles. The third-order valence-corrected chi connectivity index (χ3v) is 3.01. The Bertz CT molecular complexity index is 328. The van der Waals surface area contributed by atoms with Crippen molar-refractivity contribution < 1.29 is 14.3 Å². The summed E-state index contributed by atoms with van der Waals surface area (Å²) in [6.45, 7) is 5.46. The zero-order valence-electron chi connectivity index (χ0n) is 9.86. The molecule has 0 N–H and O–H groups in total. The van der Waals surface area contributed by atoms with E-state index in [1.807, 2.05) is 12.2 Å². The van der Waals surface area contributed by atoms with E-state index in [1.165, 1.54) is 7.11 Å². The Balaban J connectivity index is 2.61. The number of carbonyl (C=O) groups is 2. The van der Waals surface area contributed by atoms with Gasteiger partial charge in [-0.25, -0.2) is 0 Å². The van der Waals surface area contributed by atoms with Crippen LogP contribution in [0, 0.1) is 11.8 Å². The number of carbonyl (C=O) groups excluding carboxylic acids is 2. The van der Waals surface area contributed by atoms with E-state index < -0.39 is 0 Å². The standard InChI is InChI=1S/C13H18O3/c1-9-4-5-11(6-7-13(15)16-3)12(8-9)10(2)14/h4-5,11-12H,1,6-8H2,2-3H3/t11-,12-/m1/s1. The Kier molecular flexibility index (Phi) is 4.47. The summed E-state index contributed by atoms with van der Waals surface area (Å²) in [7, 11) is 1.38. The minimum Gasteiger partial charge on any atom is -0.469 e. The molecule has 3 nitrogen and oxygen atoms in total. The molecule has 1 aliphatic rings. The minimum absolute atomic E-state index is 0.0258. The van der Waals surface area contributed by atoms with E-state index in [1.54, 1.807) is 6.92 Å². The molecule has 0 unspecified atom stereocenters. The summed E-state index contributed by atoms with van der Waals surface area (Å²) < 4.78 is 4.59. The Morgan fingerprint density at radius 1 is 1.56 bits per heavy atom. The largest absolute Gasteiger partial charge is 0.469 e. The first kappa shape index (κ1) is 12.7. The van der Waals surface area contributed by atoms with E-state index in [2.05, 4.69) is 11.3 Å². The fourth-order valence-electron chi connectivity index (χ4n) is 2.02. The summed E-state index contributed by atoms with van der Waals surface area (Å²) in [6.07, 6.45) is 5.67. The Morgan fingerprint density at radius 2 is 2.25 bits per heavy atom. The molecule has 0 bridgehead atoms. The summed E-state index contributed by atoms with van der Waals surface area (Å²) in [5.74, 6) is 0.0599. The molecule has 0 aromatic heterocycles. The number of Topliss-reactive ketones (excluding diaryl/α,β-unsaturated/α-hetero) is 1. The van der Waals surface area contributed by atoms with Crippen molar-refractivity contribution in [3.8, 4) is 0 Å². The lowest BCUT2D eigenvalue weighted by Gasteiger charge is -2.26. The zero-order chi connectivity index (χ0) is 12.1. The summed E-state index contributed by atoms with van der Waals surface area (Å²) >= 11 is 0. The highest BCUT2D eigenvalue weighted by atomic mass is 16.5. The molecule has 0 saturated heterocycles. The maximum absolute atomic E-state index is 11.5. The van der Waals surface area contributed by atoms with Gasteiger partial charge in [0.2, 0.25) is 0 Å². The van der Waals surface area contributed by atoms with Gasteiger partial charge >= 0.3 is 5.97 Å².